The fourth-order valence-electron chi connectivity index (χ4n) is 3.90. The van der Waals surface area contributed by atoms with Crippen molar-refractivity contribution in [2.75, 3.05) is 6.54 Å². The number of carbonyl (C=O) groups excluding carboxylic acids is 1. The summed E-state index contributed by atoms with van der Waals surface area (Å²) in [6, 6.07) is 9.31. The lowest BCUT2D eigenvalue weighted by Gasteiger charge is -2.25. The van der Waals surface area contributed by atoms with Gasteiger partial charge in [0.2, 0.25) is 0 Å². The number of H-pyrrole nitrogens is 1. The van der Waals surface area contributed by atoms with Crippen molar-refractivity contribution in [2.24, 2.45) is 0 Å². The summed E-state index contributed by atoms with van der Waals surface area (Å²) in [4.78, 5) is 19.3. The lowest BCUT2D eigenvalue weighted by atomic mass is 10.0. The highest BCUT2D eigenvalue weighted by Gasteiger charge is 2.33. The van der Waals surface area contributed by atoms with E-state index in [1.54, 1.807) is 24.5 Å². The second-order valence-electron chi connectivity index (χ2n) is 7.27. The second-order valence-corrected chi connectivity index (χ2v) is 7.27. The number of hydrogen-bond acceptors (Lipinski definition) is 4. The van der Waals surface area contributed by atoms with Gasteiger partial charge in [0.15, 0.2) is 0 Å². The number of nitrogens with zero attached hydrogens (tertiary/aromatic N) is 3. The van der Waals surface area contributed by atoms with Crippen molar-refractivity contribution < 1.29 is 9.53 Å². The number of rotatable bonds is 4. The highest BCUT2D eigenvalue weighted by Crippen LogP contribution is 2.36. The summed E-state index contributed by atoms with van der Waals surface area (Å²) in [6.45, 7) is 6.73. The van der Waals surface area contributed by atoms with E-state index in [4.69, 9.17) is 4.74 Å². The predicted molar refractivity (Wildman–Crippen MR) is 107 cm³/mol. The average molecular weight is 376 g/mol. The first kappa shape index (κ1) is 18.2. The first-order valence-electron chi connectivity index (χ1n) is 9.55. The molecule has 1 saturated heterocycles. The van der Waals surface area contributed by atoms with Gasteiger partial charge >= 0.3 is 0 Å². The minimum atomic E-state index is 0.0297. The van der Waals surface area contributed by atoms with Crippen molar-refractivity contribution in [3.05, 3.63) is 70.8 Å². The van der Waals surface area contributed by atoms with E-state index in [0.717, 1.165) is 41.9 Å². The zero-order valence-electron chi connectivity index (χ0n) is 16.4. The Morgan fingerprint density at radius 2 is 1.96 bits per heavy atom. The molecule has 1 atom stereocenters. The third kappa shape index (κ3) is 3.38. The van der Waals surface area contributed by atoms with Gasteiger partial charge in [0, 0.05) is 35.8 Å². The van der Waals surface area contributed by atoms with Gasteiger partial charge in [-0.3, -0.25) is 14.9 Å². The van der Waals surface area contributed by atoms with Gasteiger partial charge in [-0.25, -0.2) is 0 Å². The van der Waals surface area contributed by atoms with Crippen molar-refractivity contribution in [3.63, 3.8) is 0 Å². The molecule has 2 aromatic heterocycles. The second kappa shape index (κ2) is 7.46. The van der Waals surface area contributed by atoms with E-state index in [1.165, 1.54) is 0 Å². The topological polar surface area (TPSA) is 71.1 Å². The number of carbonyl (C=O) groups is 1. The molecule has 0 aliphatic carbocycles. The smallest absolute Gasteiger partial charge is 0.254 e. The molecule has 1 amide bonds. The third-order valence-corrected chi connectivity index (χ3v) is 5.34. The van der Waals surface area contributed by atoms with Gasteiger partial charge < -0.3 is 9.64 Å². The maximum absolute atomic E-state index is 13.3. The zero-order valence-corrected chi connectivity index (χ0v) is 16.4. The fraction of sp³-hybridized carbons (Fsp3) is 0.318. The van der Waals surface area contributed by atoms with E-state index in [0.29, 0.717) is 17.1 Å². The van der Waals surface area contributed by atoms with Gasteiger partial charge in [-0.1, -0.05) is 6.07 Å². The first-order valence-corrected chi connectivity index (χ1v) is 9.55. The van der Waals surface area contributed by atoms with Crippen molar-refractivity contribution >= 4 is 5.91 Å². The van der Waals surface area contributed by atoms with Crippen LogP contribution in [0.1, 0.15) is 51.8 Å². The summed E-state index contributed by atoms with van der Waals surface area (Å²) in [5.74, 6) is 1.41. The molecular weight excluding hydrogens is 352 g/mol. The van der Waals surface area contributed by atoms with Crippen LogP contribution in [-0.2, 0) is 0 Å². The van der Waals surface area contributed by atoms with Crippen LogP contribution in [0.3, 0.4) is 0 Å². The molecule has 1 fully saturated rings. The van der Waals surface area contributed by atoms with Crippen molar-refractivity contribution in [1.82, 2.24) is 20.1 Å². The minimum Gasteiger partial charge on any atom is -0.457 e. The van der Waals surface area contributed by atoms with Crippen molar-refractivity contribution in [1.29, 1.82) is 0 Å². The molecule has 3 aromatic rings. The largest absolute Gasteiger partial charge is 0.457 e. The summed E-state index contributed by atoms with van der Waals surface area (Å²) in [5, 5.41) is 7.36. The molecule has 0 spiro atoms. The number of likely N-dealkylation sites (tertiary alicyclic amines) is 1. The van der Waals surface area contributed by atoms with Gasteiger partial charge in [0.25, 0.3) is 5.91 Å². The molecule has 1 aromatic carbocycles. The Morgan fingerprint density at radius 3 is 2.68 bits per heavy atom. The van der Waals surface area contributed by atoms with Crippen LogP contribution >= 0.6 is 0 Å². The standard InChI is InChI=1S/C22H24N4O2/c1-14-6-7-17(13-20(14)28-18-8-10-23-11-9-18)22(27)26-12-4-5-19(26)21-15(2)24-25-16(21)3/h6-11,13,19H,4-5,12H2,1-3H3,(H,24,25). The van der Waals surface area contributed by atoms with E-state index in [-0.39, 0.29) is 11.9 Å². The van der Waals surface area contributed by atoms with Crippen LogP contribution in [0.4, 0.5) is 0 Å². The highest BCUT2D eigenvalue weighted by atomic mass is 16.5. The Kier molecular flexibility index (Phi) is 4.86. The molecule has 144 valence electrons. The maximum atomic E-state index is 13.3. The molecule has 3 heterocycles. The summed E-state index contributed by atoms with van der Waals surface area (Å²) in [5.41, 5.74) is 4.76. The van der Waals surface area contributed by atoms with E-state index < -0.39 is 0 Å². The highest BCUT2D eigenvalue weighted by molar-refractivity contribution is 5.95. The molecular formula is C22H24N4O2. The Morgan fingerprint density at radius 1 is 1.18 bits per heavy atom. The summed E-state index contributed by atoms with van der Waals surface area (Å²) >= 11 is 0. The van der Waals surface area contributed by atoms with Crippen LogP contribution in [0.25, 0.3) is 0 Å². The quantitative estimate of drug-likeness (QED) is 0.728. The third-order valence-electron chi connectivity index (χ3n) is 5.34. The normalized spacial score (nSPS) is 16.4. The summed E-state index contributed by atoms with van der Waals surface area (Å²) in [6.07, 6.45) is 5.32. The number of pyridine rings is 1. The van der Waals surface area contributed by atoms with Gasteiger partial charge in [0.1, 0.15) is 11.5 Å². The van der Waals surface area contributed by atoms with Crippen LogP contribution in [-0.4, -0.2) is 32.5 Å². The molecule has 6 nitrogen and oxygen atoms in total. The van der Waals surface area contributed by atoms with Gasteiger partial charge in [-0.05, 0) is 63.4 Å². The van der Waals surface area contributed by atoms with Crippen LogP contribution < -0.4 is 4.74 Å². The molecule has 6 heteroatoms. The number of hydrogen-bond donors (Lipinski definition) is 1. The molecule has 1 aliphatic rings. The molecule has 1 unspecified atom stereocenters. The molecule has 1 aliphatic heterocycles. The summed E-state index contributed by atoms with van der Waals surface area (Å²) < 4.78 is 5.97. The number of amides is 1. The zero-order chi connectivity index (χ0) is 19.7. The van der Waals surface area contributed by atoms with Crippen LogP contribution in [0.5, 0.6) is 11.5 Å². The number of benzene rings is 1. The van der Waals surface area contributed by atoms with Crippen molar-refractivity contribution in [3.8, 4) is 11.5 Å². The van der Waals surface area contributed by atoms with E-state index in [2.05, 4.69) is 15.2 Å². The molecule has 0 radical (unpaired) electrons. The average Bonchev–Trinajstić information content (AvgIpc) is 3.30. The van der Waals surface area contributed by atoms with Crippen molar-refractivity contribution in [2.45, 2.75) is 39.7 Å². The Balaban J connectivity index is 1.62. The first-order chi connectivity index (χ1) is 13.5. The Hall–Kier alpha value is -3.15. The number of ether oxygens (including phenoxy) is 1. The lowest BCUT2D eigenvalue weighted by molar-refractivity contribution is 0.0734. The lowest BCUT2D eigenvalue weighted by Crippen LogP contribution is -2.31. The van der Waals surface area contributed by atoms with Crippen LogP contribution in [0.2, 0.25) is 0 Å². The predicted octanol–water partition coefficient (Wildman–Crippen LogP) is 4.50. The minimum absolute atomic E-state index is 0.0297. The monoisotopic (exact) mass is 376 g/mol. The molecule has 0 saturated carbocycles. The molecule has 4 rings (SSSR count). The molecule has 28 heavy (non-hydrogen) atoms. The Labute approximate surface area is 164 Å². The van der Waals surface area contributed by atoms with Gasteiger partial charge in [-0.2, -0.15) is 5.10 Å². The van der Waals surface area contributed by atoms with E-state index in [9.17, 15) is 4.79 Å². The van der Waals surface area contributed by atoms with Gasteiger partial charge in [-0.15, -0.1) is 0 Å². The number of aromatic amines is 1. The SMILES string of the molecule is Cc1ccc(C(=O)N2CCCC2c2c(C)n[nH]c2C)cc1Oc1ccncc1. The number of aryl methyl sites for hydroxylation is 3. The number of aromatic nitrogens is 3. The fourth-order valence-corrected chi connectivity index (χ4v) is 3.90. The Bertz CT molecular complexity index is 978. The van der Waals surface area contributed by atoms with E-state index in [1.807, 2.05) is 43.9 Å². The van der Waals surface area contributed by atoms with Gasteiger partial charge in [0.05, 0.1) is 11.7 Å². The molecule has 0 bridgehead atoms. The maximum Gasteiger partial charge on any atom is 0.254 e. The number of nitrogens with one attached hydrogen (secondary N) is 1. The van der Waals surface area contributed by atoms with E-state index >= 15 is 0 Å². The van der Waals surface area contributed by atoms with Crippen LogP contribution in [0, 0.1) is 20.8 Å². The molecule has 1 N–H and O–H groups in total. The van der Waals surface area contributed by atoms with Crippen LogP contribution in [0.15, 0.2) is 42.7 Å². The summed E-state index contributed by atoms with van der Waals surface area (Å²) in [7, 11) is 0.